The minimum Gasteiger partial charge on any atom is -0.444 e. The quantitative estimate of drug-likeness (QED) is 0.564. The largest absolute Gasteiger partial charge is 0.444 e. The number of piperidine rings is 1. The molecule has 9 heteroatoms. The summed E-state index contributed by atoms with van der Waals surface area (Å²) in [6.45, 7) is 7.12. The Hall–Kier alpha value is -3.13. The number of carbonyl (C=O) groups excluding carboxylic acids is 1. The van der Waals surface area contributed by atoms with Gasteiger partial charge in [0.25, 0.3) is 0 Å². The normalized spacial score (nSPS) is 16.8. The predicted octanol–water partition coefficient (Wildman–Crippen LogP) is 4.42. The number of anilines is 2. The van der Waals surface area contributed by atoms with Crippen molar-refractivity contribution in [2.24, 2.45) is 0 Å². The molecule has 4 heterocycles. The Morgan fingerprint density at radius 2 is 2.09 bits per heavy atom. The predicted molar refractivity (Wildman–Crippen MR) is 127 cm³/mol. The summed E-state index contributed by atoms with van der Waals surface area (Å²) >= 11 is 6.08. The molecule has 1 atom stereocenters. The molecule has 1 amide bonds. The third-order valence-electron chi connectivity index (χ3n) is 5.22. The zero-order valence-electron chi connectivity index (χ0n) is 18.4. The van der Waals surface area contributed by atoms with Gasteiger partial charge in [0, 0.05) is 36.4 Å². The lowest BCUT2D eigenvalue weighted by atomic mass is 10.0. The highest BCUT2D eigenvalue weighted by Gasteiger charge is 2.25. The number of halogens is 1. The maximum Gasteiger partial charge on any atom is 0.407 e. The number of nitrogens with two attached hydrogens (primary N) is 1. The van der Waals surface area contributed by atoms with Gasteiger partial charge in [0.15, 0.2) is 0 Å². The van der Waals surface area contributed by atoms with E-state index in [-0.39, 0.29) is 6.04 Å². The van der Waals surface area contributed by atoms with Gasteiger partial charge < -0.3 is 20.7 Å². The van der Waals surface area contributed by atoms with Gasteiger partial charge in [0.1, 0.15) is 16.4 Å². The Kier molecular flexibility index (Phi) is 6.06. The van der Waals surface area contributed by atoms with Crippen LogP contribution < -0.4 is 16.0 Å². The van der Waals surface area contributed by atoms with Crippen LogP contribution in [0.4, 0.5) is 16.2 Å². The summed E-state index contributed by atoms with van der Waals surface area (Å²) in [6, 6.07) is 7.29. The molecule has 0 bridgehead atoms. The first-order chi connectivity index (χ1) is 15.2. The molecule has 8 nitrogen and oxygen atoms in total. The van der Waals surface area contributed by atoms with Crippen molar-refractivity contribution in [3.8, 4) is 11.4 Å². The molecular formula is C23H27ClN6O2. The number of alkyl carbamates (subject to hydrolysis) is 1. The molecule has 1 aliphatic rings. The van der Waals surface area contributed by atoms with Gasteiger partial charge in [-0.3, -0.25) is 9.97 Å². The average molecular weight is 455 g/mol. The maximum atomic E-state index is 12.2. The molecule has 0 aromatic carbocycles. The third-order valence-corrected chi connectivity index (χ3v) is 5.43. The second-order valence-electron chi connectivity index (χ2n) is 8.92. The number of nitrogens with one attached hydrogen (secondary N) is 1. The summed E-state index contributed by atoms with van der Waals surface area (Å²) in [5, 5.41) is 4.30. The molecule has 0 unspecified atom stereocenters. The first kappa shape index (κ1) is 22.1. The number of pyridine rings is 3. The number of amides is 1. The van der Waals surface area contributed by atoms with E-state index in [0.29, 0.717) is 28.8 Å². The SMILES string of the molecule is CC(C)(C)OC(=O)N[C@H]1CCCN(c2ccnc3cnc(-c4nc(Cl)ccc4N)cc23)C1. The van der Waals surface area contributed by atoms with Crippen LogP contribution in [0, 0.1) is 0 Å². The lowest BCUT2D eigenvalue weighted by molar-refractivity contribution is 0.0500. The monoisotopic (exact) mass is 454 g/mol. The van der Waals surface area contributed by atoms with Crippen molar-refractivity contribution in [2.75, 3.05) is 23.7 Å². The zero-order valence-corrected chi connectivity index (χ0v) is 19.2. The second-order valence-corrected chi connectivity index (χ2v) is 9.31. The van der Waals surface area contributed by atoms with Crippen LogP contribution >= 0.6 is 11.6 Å². The molecule has 1 saturated heterocycles. The molecule has 4 rings (SSSR count). The number of fused-ring (bicyclic) bond motifs is 1. The van der Waals surface area contributed by atoms with Gasteiger partial charge in [0.05, 0.1) is 23.1 Å². The number of ether oxygens (including phenoxy) is 1. The Morgan fingerprint density at radius 3 is 2.88 bits per heavy atom. The molecule has 0 aliphatic carbocycles. The average Bonchev–Trinajstić information content (AvgIpc) is 2.73. The smallest absolute Gasteiger partial charge is 0.407 e. The van der Waals surface area contributed by atoms with Crippen LogP contribution in [0.1, 0.15) is 33.6 Å². The molecule has 3 aromatic heterocycles. The van der Waals surface area contributed by atoms with Crippen LogP contribution in [-0.4, -0.2) is 45.8 Å². The van der Waals surface area contributed by atoms with Crippen LogP contribution in [0.5, 0.6) is 0 Å². The number of aromatic nitrogens is 3. The van der Waals surface area contributed by atoms with E-state index < -0.39 is 11.7 Å². The van der Waals surface area contributed by atoms with E-state index >= 15 is 0 Å². The van der Waals surface area contributed by atoms with E-state index in [9.17, 15) is 4.79 Å². The Bertz CT molecular complexity index is 1150. The third kappa shape index (κ3) is 5.02. The molecule has 0 radical (unpaired) electrons. The molecular weight excluding hydrogens is 428 g/mol. The zero-order chi connectivity index (χ0) is 22.9. The van der Waals surface area contributed by atoms with Crippen LogP contribution in [0.15, 0.2) is 36.7 Å². The van der Waals surface area contributed by atoms with Crippen LogP contribution in [0.3, 0.4) is 0 Å². The van der Waals surface area contributed by atoms with Gasteiger partial charge >= 0.3 is 6.09 Å². The minimum absolute atomic E-state index is 0.00614. The summed E-state index contributed by atoms with van der Waals surface area (Å²) in [6.07, 6.45) is 4.95. The van der Waals surface area contributed by atoms with Gasteiger partial charge in [-0.15, -0.1) is 0 Å². The minimum atomic E-state index is -0.528. The molecule has 3 N–H and O–H groups in total. The number of carbonyl (C=O) groups is 1. The molecule has 3 aromatic rings. The fraction of sp³-hybridized carbons (Fsp3) is 0.391. The number of hydrogen-bond acceptors (Lipinski definition) is 7. The lowest BCUT2D eigenvalue weighted by Gasteiger charge is -2.35. The molecule has 0 spiro atoms. The van der Waals surface area contributed by atoms with Gasteiger partial charge in [0.2, 0.25) is 0 Å². The summed E-state index contributed by atoms with van der Waals surface area (Å²) < 4.78 is 5.42. The second kappa shape index (κ2) is 8.78. The van der Waals surface area contributed by atoms with Crippen molar-refractivity contribution >= 4 is 40.0 Å². The van der Waals surface area contributed by atoms with Gasteiger partial charge in [-0.05, 0) is 57.9 Å². The summed E-state index contributed by atoms with van der Waals surface area (Å²) in [4.78, 5) is 27.8. The van der Waals surface area contributed by atoms with Crippen molar-refractivity contribution in [2.45, 2.75) is 45.3 Å². The highest BCUT2D eigenvalue weighted by Crippen LogP contribution is 2.32. The van der Waals surface area contributed by atoms with Gasteiger partial charge in [-0.1, -0.05) is 11.6 Å². The summed E-state index contributed by atoms with van der Waals surface area (Å²) in [5.41, 5.74) is 9.06. The van der Waals surface area contributed by atoms with Crippen molar-refractivity contribution in [3.05, 3.63) is 41.8 Å². The van der Waals surface area contributed by atoms with E-state index in [0.717, 1.165) is 36.0 Å². The Balaban J connectivity index is 1.62. The van der Waals surface area contributed by atoms with E-state index in [1.807, 2.05) is 32.9 Å². The van der Waals surface area contributed by atoms with Crippen molar-refractivity contribution in [3.63, 3.8) is 0 Å². The first-order valence-corrected chi connectivity index (χ1v) is 11.0. The molecule has 1 aliphatic heterocycles. The maximum absolute atomic E-state index is 12.2. The highest BCUT2D eigenvalue weighted by molar-refractivity contribution is 6.29. The highest BCUT2D eigenvalue weighted by atomic mass is 35.5. The van der Waals surface area contributed by atoms with E-state index in [1.165, 1.54) is 0 Å². The topological polar surface area (TPSA) is 106 Å². The fourth-order valence-electron chi connectivity index (χ4n) is 3.88. The summed E-state index contributed by atoms with van der Waals surface area (Å²) in [7, 11) is 0. The van der Waals surface area contributed by atoms with Crippen LogP contribution in [-0.2, 0) is 4.74 Å². The van der Waals surface area contributed by atoms with E-state index in [2.05, 4.69) is 25.2 Å². The van der Waals surface area contributed by atoms with E-state index in [4.69, 9.17) is 22.1 Å². The van der Waals surface area contributed by atoms with Crippen LogP contribution in [0.25, 0.3) is 22.3 Å². The lowest BCUT2D eigenvalue weighted by Crippen LogP contribution is -2.49. The number of nitrogens with zero attached hydrogens (tertiary/aromatic N) is 4. The van der Waals surface area contributed by atoms with Crippen molar-refractivity contribution in [1.82, 2.24) is 20.3 Å². The van der Waals surface area contributed by atoms with Crippen LogP contribution in [0.2, 0.25) is 5.15 Å². The van der Waals surface area contributed by atoms with E-state index in [1.54, 1.807) is 24.5 Å². The Labute approximate surface area is 192 Å². The summed E-state index contributed by atoms with van der Waals surface area (Å²) in [5.74, 6) is 0. The number of nitrogen functional groups attached to an aromatic ring is 1. The van der Waals surface area contributed by atoms with Crippen molar-refractivity contribution < 1.29 is 9.53 Å². The Morgan fingerprint density at radius 1 is 1.28 bits per heavy atom. The van der Waals surface area contributed by atoms with Gasteiger partial charge in [-0.25, -0.2) is 9.78 Å². The van der Waals surface area contributed by atoms with Crippen molar-refractivity contribution in [1.29, 1.82) is 0 Å². The number of hydrogen-bond donors (Lipinski definition) is 2. The molecule has 0 saturated carbocycles. The van der Waals surface area contributed by atoms with Gasteiger partial charge in [-0.2, -0.15) is 0 Å². The molecule has 1 fully saturated rings. The standard InChI is InChI=1S/C23H27ClN6O2/c1-23(2,3)32-22(31)28-14-5-4-10-30(13-14)19-8-9-26-18-12-27-17(11-15(18)19)21-16(25)6-7-20(24)29-21/h6-9,11-12,14H,4-5,10,13,25H2,1-3H3,(H,28,31)/t14-/m0/s1. The number of rotatable bonds is 3. The molecule has 32 heavy (non-hydrogen) atoms. The first-order valence-electron chi connectivity index (χ1n) is 10.6. The fourth-order valence-corrected chi connectivity index (χ4v) is 4.03. The molecule has 168 valence electrons.